The number of hydrogen-bond donors (Lipinski definition) is 1. The molecule has 1 aromatic rings. The predicted octanol–water partition coefficient (Wildman–Crippen LogP) is 2.30. The fraction of sp³-hybridized carbons (Fsp3) is 0.462. The smallest absolute Gasteiger partial charge is 0.258 e. The van der Waals surface area contributed by atoms with Crippen LogP contribution in [0.1, 0.15) is 10.4 Å². The van der Waals surface area contributed by atoms with Crippen LogP contribution in [0.2, 0.25) is 0 Å². The predicted molar refractivity (Wildman–Crippen MR) is 77.1 cm³/mol. The zero-order valence-electron chi connectivity index (χ0n) is 10.2. The normalized spacial score (nSPS) is 25.1. The minimum atomic E-state index is -0.454. The molecule has 1 N–H and O–H groups in total. The molecule has 0 aliphatic carbocycles. The van der Waals surface area contributed by atoms with Crippen molar-refractivity contribution in [2.24, 2.45) is 11.8 Å². The quantitative estimate of drug-likeness (QED) is 0.844. The number of fused-ring (bicyclic) bond motifs is 1. The van der Waals surface area contributed by atoms with Crippen molar-refractivity contribution in [3.63, 3.8) is 0 Å². The SMILES string of the molecule is Cl.O=C(c1c(F)cccc1Br)N1C[C@H]2CNC[C@H]2C1. The molecule has 2 fully saturated rings. The molecule has 0 radical (unpaired) electrons. The standard InChI is InChI=1S/C13H14BrFN2O.ClH/c14-10-2-1-3-11(15)12(10)13(18)17-6-8-4-16-5-9(8)7-17;/h1-3,8-9,16H,4-7H2;1H/t8-,9+;. The molecule has 19 heavy (non-hydrogen) atoms. The average Bonchev–Trinajstić information content (AvgIpc) is 2.88. The monoisotopic (exact) mass is 348 g/mol. The van der Waals surface area contributed by atoms with E-state index in [0.717, 1.165) is 26.2 Å². The van der Waals surface area contributed by atoms with E-state index in [1.165, 1.54) is 6.07 Å². The summed E-state index contributed by atoms with van der Waals surface area (Å²) in [6, 6.07) is 4.63. The van der Waals surface area contributed by atoms with Gasteiger partial charge in [-0.05, 0) is 39.9 Å². The summed E-state index contributed by atoms with van der Waals surface area (Å²) in [5.41, 5.74) is 0.158. The summed E-state index contributed by atoms with van der Waals surface area (Å²) in [5.74, 6) is 0.401. The van der Waals surface area contributed by atoms with Crippen LogP contribution < -0.4 is 5.32 Å². The highest BCUT2D eigenvalue weighted by Gasteiger charge is 2.39. The first-order valence-corrected chi connectivity index (χ1v) is 6.90. The van der Waals surface area contributed by atoms with Gasteiger partial charge in [-0.1, -0.05) is 6.07 Å². The lowest BCUT2D eigenvalue weighted by atomic mass is 10.0. The van der Waals surface area contributed by atoms with Gasteiger partial charge in [-0.15, -0.1) is 12.4 Å². The van der Waals surface area contributed by atoms with Crippen molar-refractivity contribution < 1.29 is 9.18 Å². The van der Waals surface area contributed by atoms with Gasteiger partial charge in [0.2, 0.25) is 0 Å². The number of amides is 1. The van der Waals surface area contributed by atoms with Crippen molar-refractivity contribution in [3.05, 3.63) is 34.1 Å². The molecule has 2 aliphatic rings. The van der Waals surface area contributed by atoms with Crippen LogP contribution in [-0.2, 0) is 0 Å². The minimum Gasteiger partial charge on any atom is -0.338 e. The molecule has 0 bridgehead atoms. The maximum Gasteiger partial charge on any atom is 0.258 e. The molecular formula is C13H15BrClFN2O. The summed E-state index contributed by atoms with van der Waals surface area (Å²) in [4.78, 5) is 14.1. The van der Waals surface area contributed by atoms with E-state index in [9.17, 15) is 9.18 Å². The third-order valence-electron chi connectivity index (χ3n) is 3.85. The molecule has 0 spiro atoms. The lowest BCUT2D eigenvalue weighted by Crippen LogP contribution is -2.32. The topological polar surface area (TPSA) is 32.3 Å². The molecule has 2 heterocycles. The second kappa shape index (κ2) is 5.77. The van der Waals surface area contributed by atoms with Gasteiger partial charge in [0.25, 0.3) is 5.91 Å². The Balaban J connectivity index is 0.00000133. The van der Waals surface area contributed by atoms with Crippen molar-refractivity contribution >= 4 is 34.2 Å². The lowest BCUT2D eigenvalue weighted by Gasteiger charge is -2.18. The molecule has 2 atom stereocenters. The van der Waals surface area contributed by atoms with Crippen LogP contribution >= 0.6 is 28.3 Å². The Kier molecular flexibility index (Phi) is 4.48. The van der Waals surface area contributed by atoms with Crippen molar-refractivity contribution in [2.75, 3.05) is 26.2 Å². The van der Waals surface area contributed by atoms with Crippen LogP contribution in [0.3, 0.4) is 0 Å². The van der Waals surface area contributed by atoms with Crippen LogP contribution in [0.15, 0.2) is 22.7 Å². The van der Waals surface area contributed by atoms with E-state index in [0.29, 0.717) is 16.3 Å². The van der Waals surface area contributed by atoms with Gasteiger partial charge in [-0.2, -0.15) is 0 Å². The van der Waals surface area contributed by atoms with Gasteiger partial charge >= 0.3 is 0 Å². The van der Waals surface area contributed by atoms with Crippen molar-refractivity contribution in [1.82, 2.24) is 10.2 Å². The number of likely N-dealkylation sites (tertiary alicyclic amines) is 1. The number of carbonyl (C=O) groups excluding carboxylic acids is 1. The summed E-state index contributed by atoms with van der Waals surface area (Å²) in [6.45, 7) is 3.40. The number of nitrogens with zero attached hydrogens (tertiary/aromatic N) is 1. The number of hydrogen-bond acceptors (Lipinski definition) is 2. The number of nitrogens with one attached hydrogen (secondary N) is 1. The van der Waals surface area contributed by atoms with Gasteiger partial charge in [0.1, 0.15) is 5.82 Å². The molecule has 0 saturated carbocycles. The lowest BCUT2D eigenvalue weighted by molar-refractivity contribution is 0.0776. The second-order valence-electron chi connectivity index (χ2n) is 4.99. The molecule has 6 heteroatoms. The van der Waals surface area contributed by atoms with Crippen LogP contribution in [-0.4, -0.2) is 37.0 Å². The van der Waals surface area contributed by atoms with Crippen LogP contribution in [0.25, 0.3) is 0 Å². The van der Waals surface area contributed by atoms with Gasteiger partial charge in [0.15, 0.2) is 0 Å². The summed E-state index contributed by atoms with van der Waals surface area (Å²) >= 11 is 3.26. The fourth-order valence-electron chi connectivity index (χ4n) is 2.88. The first kappa shape index (κ1) is 14.8. The third kappa shape index (κ3) is 2.64. The number of carbonyl (C=O) groups is 1. The first-order chi connectivity index (χ1) is 8.66. The highest BCUT2D eigenvalue weighted by molar-refractivity contribution is 9.10. The second-order valence-corrected chi connectivity index (χ2v) is 5.84. The van der Waals surface area contributed by atoms with Crippen LogP contribution in [0.5, 0.6) is 0 Å². The summed E-state index contributed by atoms with van der Waals surface area (Å²) in [6.07, 6.45) is 0. The van der Waals surface area contributed by atoms with E-state index < -0.39 is 5.82 Å². The van der Waals surface area contributed by atoms with Crippen molar-refractivity contribution in [3.8, 4) is 0 Å². The molecule has 104 valence electrons. The van der Waals surface area contributed by atoms with Gasteiger partial charge in [-0.3, -0.25) is 4.79 Å². The summed E-state index contributed by atoms with van der Waals surface area (Å²) in [5, 5.41) is 3.32. The largest absolute Gasteiger partial charge is 0.338 e. The Labute approximate surface area is 126 Å². The molecule has 0 unspecified atom stereocenters. The zero-order chi connectivity index (χ0) is 12.7. The Morgan fingerprint density at radius 3 is 2.53 bits per heavy atom. The van der Waals surface area contributed by atoms with E-state index in [2.05, 4.69) is 21.2 Å². The van der Waals surface area contributed by atoms with E-state index in [4.69, 9.17) is 0 Å². The average molecular weight is 350 g/mol. The molecule has 0 aromatic heterocycles. The fourth-order valence-corrected chi connectivity index (χ4v) is 3.39. The molecular weight excluding hydrogens is 335 g/mol. The van der Waals surface area contributed by atoms with E-state index in [1.54, 1.807) is 17.0 Å². The van der Waals surface area contributed by atoms with Gasteiger partial charge < -0.3 is 10.2 Å². The van der Waals surface area contributed by atoms with Crippen LogP contribution in [0, 0.1) is 17.7 Å². The molecule has 3 nitrogen and oxygen atoms in total. The molecule has 2 aliphatic heterocycles. The number of rotatable bonds is 1. The molecule has 1 aromatic carbocycles. The Bertz CT molecular complexity index is 467. The van der Waals surface area contributed by atoms with Crippen LogP contribution in [0.4, 0.5) is 4.39 Å². The number of halogens is 3. The third-order valence-corrected chi connectivity index (χ3v) is 4.51. The van der Waals surface area contributed by atoms with Gasteiger partial charge in [0.05, 0.1) is 5.56 Å². The van der Waals surface area contributed by atoms with E-state index in [1.807, 2.05) is 0 Å². The molecule has 2 saturated heterocycles. The Morgan fingerprint density at radius 1 is 1.32 bits per heavy atom. The number of benzene rings is 1. The maximum absolute atomic E-state index is 13.8. The van der Waals surface area contributed by atoms with Crippen molar-refractivity contribution in [1.29, 1.82) is 0 Å². The summed E-state index contributed by atoms with van der Waals surface area (Å²) < 4.78 is 14.3. The first-order valence-electron chi connectivity index (χ1n) is 6.11. The molecule has 1 amide bonds. The Morgan fingerprint density at radius 2 is 1.95 bits per heavy atom. The van der Waals surface area contributed by atoms with Crippen molar-refractivity contribution in [2.45, 2.75) is 0 Å². The highest BCUT2D eigenvalue weighted by Crippen LogP contribution is 2.29. The van der Waals surface area contributed by atoms with E-state index >= 15 is 0 Å². The van der Waals surface area contributed by atoms with Gasteiger partial charge in [0, 0.05) is 30.7 Å². The zero-order valence-corrected chi connectivity index (χ0v) is 12.6. The van der Waals surface area contributed by atoms with Gasteiger partial charge in [-0.25, -0.2) is 4.39 Å². The summed E-state index contributed by atoms with van der Waals surface area (Å²) in [7, 11) is 0. The minimum absolute atomic E-state index is 0. The highest BCUT2D eigenvalue weighted by atomic mass is 79.9. The maximum atomic E-state index is 13.8. The molecule has 3 rings (SSSR count). The Hall–Kier alpha value is -0.650. The van der Waals surface area contributed by atoms with E-state index in [-0.39, 0.29) is 23.9 Å².